The summed E-state index contributed by atoms with van der Waals surface area (Å²) in [5, 5.41) is 12.1. The van der Waals surface area contributed by atoms with Crippen LogP contribution in [0, 0.1) is 0 Å². The predicted molar refractivity (Wildman–Crippen MR) is 99.5 cm³/mol. The van der Waals surface area contributed by atoms with Crippen molar-refractivity contribution in [3.63, 3.8) is 0 Å². The van der Waals surface area contributed by atoms with E-state index in [1.54, 1.807) is 55.7 Å². The number of aliphatic carboxylic acids is 1. The van der Waals surface area contributed by atoms with Gasteiger partial charge in [-0.1, -0.05) is 12.1 Å². The fraction of sp³-hybridized carbons (Fsp3) is 0.150. The van der Waals surface area contributed by atoms with E-state index in [1.807, 2.05) is 0 Å². The van der Waals surface area contributed by atoms with Crippen LogP contribution in [0.3, 0.4) is 0 Å². The number of hydrogen-bond acceptors (Lipinski definition) is 5. The smallest absolute Gasteiger partial charge is 0.307 e. The first-order valence-electron chi connectivity index (χ1n) is 8.19. The van der Waals surface area contributed by atoms with Gasteiger partial charge in [0, 0.05) is 24.7 Å². The molecule has 0 radical (unpaired) electrons. The van der Waals surface area contributed by atoms with Gasteiger partial charge in [0.05, 0.1) is 24.6 Å². The van der Waals surface area contributed by atoms with E-state index in [9.17, 15) is 9.59 Å². The number of fused-ring (bicyclic) bond motifs is 1. The molecule has 2 N–H and O–H groups in total. The average molecular weight is 366 g/mol. The number of carbonyl (C=O) groups excluding carboxylic acids is 1. The van der Waals surface area contributed by atoms with Crippen molar-refractivity contribution in [2.45, 2.75) is 6.42 Å². The molecule has 0 saturated carbocycles. The van der Waals surface area contributed by atoms with Crippen molar-refractivity contribution < 1.29 is 24.2 Å². The molecule has 2 aromatic carbocycles. The lowest BCUT2D eigenvalue weighted by Gasteiger charge is -2.12. The molecule has 7 heteroatoms. The Hall–Kier alpha value is -3.61. The molecule has 0 bridgehead atoms. The van der Waals surface area contributed by atoms with Crippen LogP contribution in [-0.4, -0.2) is 36.1 Å². The van der Waals surface area contributed by atoms with Gasteiger partial charge < -0.3 is 19.9 Å². The summed E-state index contributed by atoms with van der Waals surface area (Å²) in [5.41, 5.74) is 1.68. The Labute approximate surface area is 155 Å². The summed E-state index contributed by atoms with van der Waals surface area (Å²) in [6.45, 7) is 0. The van der Waals surface area contributed by atoms with E-state index in [4.69, 9.17) is 14.6 Å². The number of hydrogen-bond donors (Lipinski definition) is 2. The van der Waals surface area contributed by atoms with Gasteiger partial charge in [-0.2, -0.15) is 0 Å². The molecule has 1 heterocycles. The normalized spacial score (nSPS) is 10.4. The van der Waals surface area contributed by atoms with Gasteiger partial charge in [0.15, 0.2) is 0 Å². The number of amides is 1. The van der Waals surface area contributed by atoms with Gasteiger partial charge in [-0.3, -0.25) is 14.6 Å². The summed E-state index contributed by atoms with van der Waals surface area (Å²) >= 11 is 0. The number of nitrogens with one attached hydrogen (secondary N) is 1. The molecule has 0 atom stereocenters. The number of ether oxygens (including phenoxy) is 2. The maximum absolute atomic E-state index is 12.1. The van der Waals surface area contributed by atoms with Crippen LogP contribution in [0.25, 0.3) is 10.9 Å². The molecular formula is C20H18N2O5. The second-order valence-electron chi connectivity index (χ2n) is 5.77. The number of methoxy groups -OCH3 is 1. The van der Waals surface area contributed by atoms with E-state index in [1.165, 1.54) is 7.11 Å². The Morgan fingerprint density at radius 1 is 1.11 bits per heavy atom. The second kappa shape index (κ2) is 7.74. The Morgan fingerprint density at radius 3 is 2.48 bits per heavy atom. The van der Waals surface area contributed by atoms with Crippen LogP contribution < -0.4 is 14.8 Å². The molecule has 0 aliphatic rings. The monoisotopic (exact) mass is 366 g/mol. The van der Waals surface area contributed by atoms with E-state index < -0.39 is 5.97 Å². The number of carbonyl (C=O) groups is 2. The predicted octanol–water partition coefficient (Wildman–Crippen LogP) is 3.02. The molecular weight excluding hydrogens is 348 g/mol. The number of nitrogens with zero attached hydrogens (tertiary/aromatic N) is 1. The van der Waals surface area contributed by atoms with E-state index in [0.717, 1.165) is 0 Å². The van der Waals surface area contributed by atoms with Crippen LogP contribution in [0.5, 0.6) is 17.2 Å². The minimum Gasteiger partial charge on any atom is -0.496 e. The van der Waals surface area contributed by atoms with Gasteiger partial charge in [-0.05, 0) is 29.8 Å². The molecule has 7 nitrogen and oxygen atoms in total. The van der Waals surface area contributed by atoms with Crippen molar-refractivity contribution in [2.24, 2.45) is 0 Å². The fourth-order valence-corrected chi connectivity index (χ4v) is 2.70. The maximum atomic E-state index is 12.1. The highest BCUT2D eigenvalue weighted by atomic mass is 16.5. The second-order valence-corrected chi connectivity index (χ2v) is 5.77. The number of carboxylic acid groups (broad SMARTS) is 1. The van der Waals surface area contributed by atoms with Gasteiger partial charge in [0.25, 0.3) is 5.91 Å². The molecule has 1 aromatic heterocycles. The lowest BCUT2D eigenvalue weighted by molar-refractivity contribution is -0.136. The number of carboxylic acids is 1. The Balaban J connectivity index is 1.99. The maximum Gasteiger partial charge on any atom is 0.307 e. The molecule has 0 unspecified atom stereocenters. The van der Waals surface area contributed by atoms with Crippen LogP contribution in [0.15, 0.2) is 48.7 Å². The summed E-state index contributed by atoms with van der Waals surface area (Å²) < 4.78 is 11.2. The number of rotatable bonds is 6. The van der Waals surface area contributed by atoms with E-state index in [0.29, 0.717) is 39.3 Å². The van der Waals surface area contributed by atoms with E-state index in [-0.39, 0.29) is 12.3 Å². The summed E-state index contributed by atoms with van der Waals surface area (Å²) in [6.07, 6.45) is 1.56. The van der Waals surface area contributed by atoms with Crippen molar-refractivity contribution in [2.75, 3.05) is 14.2 Å². The van der Waals surface area contributed by atoms with Crippen LogP contribution in [0.2, 0.25) is 0 Å². The van der Waals surface area contributed by atoms with Crippen molar-refractivity contribution >= 4 is 22.8 Å². The van der Waals surface area contributed by atoms with Gasteiger partial charge >= 0.3 is 5.97 Å². The lowest BCUT2D eigenvalue weighted by atomic mass is 10.1. The highest BCUT2D eigenvalue weighted by molar-refractivity contribution is 6.02. The molecule has 3 rings (SSSR count). The van der Waals surface area contributed by atoms with Crippen LogP contribution in [0.4, 0.5) is 0 Å². The lowest BCUT2D eigenvalue weighted by Crippen LogP contribution is -2.18. The number of pyridine rings is 1. The minimum atomic E-state index is -0.889. The first-order chi connectivity index (χ1) is 13.0. The molecule has 0 aliphatic heterocycles. The van der Waals surface area contributed by atoms with Crippen molar-refractivity contribution in [1.82, 2.24) is 10.3 Å². The fourth-order valence-electron chi connectivity index (χ4n) is 2.70. The van der Waals surface area contributed by atoms with Crippen molar-refractivity contribution in [1.29, 1.82) is 0 Å². The third kappa shape index (κ3) is 3.98. The quantitative estimate of drug-likeness (QED) is 0.696. The summed E-state index contributed by atoms with van der Waals surface area (Å²) in [4.78, 5) is 27.2. The summed E-state index contributed by atoms with van der Waals surface area (Å²) in [5.74, 6) is 0.332. The Kier molecular flexibility index (Phi) is 5.21. The summed E-state index contributed by atoms with van der Waals surface area (Å²) in [6, 6.07) is 11.9. The zero-order chi connectivity index (χ0) is 19.4. The Bertz CT molecular complexity index is 999. The van der Waals surface area contributed by atoms with E-state index >= 15 is 0 Å². The average Bonchev–Trinajstić information content (AvgIpc) is 2.67. The van der Waals surface area contributed by atoms with Crippen LogP contribution >= 0.6 is 0 Å². The zero-order valence-corrected chi connectivity index (χ0v) is 14.9. The van der Waals surface area contributed by atoms with Crippen LogP contribution in [0.1, 0.15) is 15.9 Å². The third-order valence-electron chi connectivity index (χ3n) is 4.00. The zero-order valence-electron chi connectivity index (χ0n) is 14.9. The van der Waals surface area contributed by atoms with Gasteiger partial charge in [-0.25, -0.2) is 0 Å². The standard InChI is InChI=1S/C20H18N2O5/c1-21-20(25)15-10-14-16(11-18(15)26-2)22-8-7-17(14)27-13-5-3-12(4-6-13)9-19(23)24/h3-8,10-11H,9H2,1-2H3,(H,21,25)(H,23,24). The van der Waals surface area contributed by atoms with Crippen molar-refractivity contribution in [3.8, 4) is 17.2 Å². The summed E-state index contributed by atoms with van der Waals surface area (Å²) in [7, 11) is 3.04. The number of benzene rings is 2. The minimum absolute atomic E-state index is 0.0479. The van der Waals surface area contributed by atoms with Crippen molar-refractivity contribution in [3.05, 3.63) is 59.8 Å². The first kappa shape index (κ1) is 18.2. The highest BCUT2D eigenvalue weighted by Gasteiger charge is 2.15. The molecule has 0 saturated heterocycles. The van der Waals surface area contributed by atoms with Gasteiger partial charge in [-0.15, -0.1) is 0 Å². The first-order valence-corrected chi connectivity index (χ1v) is 8.19. The molecule has 138 valence electrons. The Morgan fingerprint density at radius 2 is 1.85 bits per heavy atom. The largest absolute Gasteiger partial charge is 0.496 e. The van der Waals surface area contributed by atoms with Gasteiger partial charge in [0.2, 0.25) is 0 Å². The molecule has 27 heavy (non-hydrogen) atoms. The molecule has 0 fully saturated rings. The third-order valence-corrected chi connectivity index (χ3v) is 4.00. The molecule has 3 aromatic rings. The highest BCUT2D eigenvalue weighted by Crippen LogP contribution is 2.33. The van der Waals surface area contributed by atoms with Crippen LogP contribution in [-0.2, 0) is 11.2 Å². The number of aromatic nitrogens is 1. The molecule has 1 amide bonds. The molecule has 0 spiro atoms. The van der Waals surface area contributed by atoms with E-state index in [2.05, 4.69) is 10.3 Å². The molecule has 0 aliphatic carbocycles. The topological polar surface area (TPSA) is 97.8 Å². The SMILES string of the molecule is CNC(=O)c1cc2c(Oc3ccc(CC(=O)O)cc3)ccnc2cc1OC. The van der Waals surface area contributed by atoms with Gasteiger partial charge in [0.1, 0.15) is 17.2 Å².